The van der Waals surface area contributed by atoms with Crippen molar-refractivity contribution in [2.75, 3.05) is 36.1 Å². The molecule has 1 saturated heterocycles. The maximum Gasteiger partial charge on any atom is 0.0906 e. The lowest BCUT2D eigenvalue weighted by atomic mass is 10.0. The van der Waals surface area contributed by atoms with Gasteiger partial charge in [0.2, 0.25) is 0 Å². The first-order chi connectivity index (χ1) is 8.40. The van der Waals surface area contributed by atoms with Crippen molar-refractivity contribution >= 4 is 23.8 Å². The number of benzene rings is 1. The van der Waals surface area contributed by atoms with Gasteiger partial charge < -0.3 is 15.1 Å². The fraction of sp³-hybridized carbons (Fsp3) is 0.571. The average Bonchev–Trinajstić information content (AvgIpc) is 2.78. The van der Waals surface area contributed by atoms with Crippen molar-refractivity contribution < 1.29 is 0 Å². The van der Waals surface area contributed by atoms with E-state index < -0.39 is 0 Å². The molecule has 3 rings (SSSR count). The lowest BCUT2D eigenvalue weighted by Gasteiger charge is -2.33. The van der Waals surface area contributed by atoms with Gasteiger partial charge >= 0.3 is 0 Å². The van der Waals surface area contributed by atoms with E-state index in [1.165, 1.54) is 24.2 Å². The molecule has 3 nitrogen and oxygen atoms in total. The quantitative estimate of drug-likeness (QED) is 0.888. The van der Waals surface area contributed by atoms with Gasteiger partial charge in [-0.25, -0.2) is 0 Å². The minimum Gasteiger partial charge on any atom is -0.352 e. The number of para-hydroxylation sites is 2. The zero-order valence-corrected chi connectivity index (χ0v) is 11.7. The summed E-state index contributed by atoms with van der Waals surface area (Å²) in [4.78, 5) is 5.07. The van der Waals surface area contributed by atoms with Gasteiger partial charge in [-0.1, -0.05) is 12.1 Å². The second-order valence-electron chi connectivity index (χ2n) is 4.94. The molecule has 0 aromatic heterocycles. The lowest BCUT2D eigenvalue weighted by molar-refractivity contribution is 0.434. The Morgan fingerprint density at radius 3 is 2.50 bits per heavy atom. The minimum absolute atomic E-state index is 0. The summed E-state index contributed by atoms with van der Waals surface area (Å²) in [5.74, 6) is 0. The summed E-state index contributed by atoms with van der Waals surface area (Å²) in [5, 5.41) is 3.45. The van der Waals surface area contributed by atoms with E-state index in [0.29, 0.717) is 6.04 Å². The Balaban J connectivity index is 0.00000120. The van der Waals surface area contributed by atoms with Crippen molar-refractivity contribution in [2.24, 2.45) is 0 Å². The standard InChI is InChI=1S/C14H21N3.ClH/c1-2-16-11-17(12-7-9-15-10-8-12)14-6-4-3-5-13(14)16;/h3-6,12,15H,2,7-11H2,1H3;1H. The fourth-order valence-electron chi connectivity index (χ4n) is 3.01. The van der Waals surface area contributed by atoms with Gasteiger partial charge in [0, 0.05) is 12.6 Å². The molecule has 2 aliphatic heterocycles. The second kappa shape index (κ2) is 5.81. The third-order valence-corrected chi connectivity index (χ3v) is 3.99. The molecule has 4 heteroatoms. The predicted molar refractivity (Wildman–Crippen MR) is 79.9 cm³/mol. The molecule has 0 amide bonds. The highest BCUT2D eigenvalue weighted by Crippen LogP contribution is 2.37. The highest BCUT2D eigenvalue weighted by Gasteiger charge is 2.30. The predicted octanol–water partition coefficient (Wildman–Crippen LogP) is 2.46. The van der Waals surface area contributed by atoms with Crippen molar-refractivity contribution in [3.8, 4) is 0 Å². The molecular formula is C14H22ClN3. The molecule has 100 valence electrons. The van der Waals surface area contributed by atoms with Gasteiger partial charge in [-0.3, -0.25) is 0 Å². The molecule has 0 unspecified atom stereocenters. The summed E-state index contributed by atoms with van der Waals surface area (Å²) in [5.41, 5.74) is 2.84. The zero-order valence-electron chi connectivity index (χ0n) is 10.9. The van der Waals surface area contributed by atoms with Crippen LogP contribution in [0, 0.1) is 0 Å². The average molecular weight is 268 g/mol. The van der Waals surface area contributed by atoms with E-state index in [4.69, 9.17) is 0 Å². The summed E-state index contributed by atoms with van der Waals surface area (Å²) < 4.78 is 0. The highest BCUT2D eigenvalue weighted by molar-refractivity contribution is 5.85. The summed E-state index contributed by atoms with van der Waals surface area (Å²) in [6.07, 6.45) is 2.54. The topological polar surface area (TPSA) is 18.5 Å². The Hall–Kier alpha value is -0.930. The molecule has 18 heavy (non-hydrogen) atoms. The Morgan fingerprint density at radius 1 is 1.17 bits per heavy atom. The number of hydrogen-bond donors (Lipinski definition) is 1. The molecule has 0 radical (unpaired) electrons. The normalized spacial score (nSPS) is 19.6. The van der Waals surface area contributed by atoms with Gasteiger partial charge in [0.05, 0.1) is 18.0 Å². The summed E-state index contributed by atoms with van der Waals surface area (Å²) in [6.45, 7) is 6.73. The molecular weight excluding hydrogens is 246 g/mol. The molecule has 1 fully saturated rings. The first-order valence-corrected chi connectivity index (χ1v) is 6.71. The van der Waals surface area contributed by atoms with Gasteiger partial charge in [-0.15, -0.1) is 12.4 Å². The SMILES string of the molecule is CCN1CN(C2CCNCC2)c2ccccc21.Cl. The van der Waals surface area contributed by atoms with Gasteiger partial charge in [0.1, 0.15) is 0 Å². The number of rotatable bonds is 2. The molecule has 1 N–H and O–H groups in total. The van der Waals surface area contributed by atoms with Gasteiger partial charge in [-0.2, -0.15) is 0 Å². The van der Waals surface area contributed by atoms with Crippen LogP contribution in [0.2, 0.25) is 0 Å². The third kappa shape index (κ3) is 2.29. The van der Waals surface area contributed by atoms with E-state index in [2.05, 4.69) is 46.3 Å². The van der Waals surface area contributed by atoms with E-state index in [1.54, 1.807) is 0 Å². The molecule has 1 aromatic carbocycles. The first kappa shape index (κ1) is 13.5. The van der Waals surface area contributed by atoms with Gasteiger partial charge in [-0.05, 0) is 45.0 Å². The van der Waals surface area contributed by atoms with Gasteiger partial charge in [0.25, 0.3) is 0 Å². The van der Waals surface area contributed by atoms with Crippen LogP contribution in [0.5, 0.6) is 0 Å². The third-order valence-electron chi connectivity index (χ3n) is 3.99. The summed E-state index contributed by atoms with van der Waals surface area (Å²) in [6, 6.07) is 9.54. The molecule has 0 aliphatic carbocycles. The number of fused-ring (bicyclic) bond motifs is 1. The number of nitrogens with one attached hydrogen (secondary N) is 1. The van der Waals surface area contributed by atoms with Crippen LogP contribution >= 0.6 is 12.4 Å². The summed E-state index contributed by atoms with van der Waals surface area (Å²) >= 11 is 0. The second-order valence-corrected chi connectivity index (χ2v) is 4.94. The fourth-order valence-corrected chi connectivity index (χ4v) is 3.01. The Bertz CT molecular complexity index is 390. The Morgan fingerprint density at radius 2 is 1.83 bits per heavy atom. The van der Waals surface area contributed by atoms with Crippen LogP contribution in [-0.2, 0) is 0 Å². The summed E-state index contributed by atoms with van der Waals surface area (Å²) in [7, 11) is 0. The minimum atomic E-state index is 0. The molecule has 0 saturated carbocycles. The van der Waals surface area contributed by atoms with Crippen LogP contribution in [0.3, 0.4) is 0 Å². The van der Waals surface area contributed by atoms with E-state index in [-0.39, 0.29) is 12.4 Å². The van der Waals surface area contributed by atoms with E-state index >= 15 is 0 Å². The first-order valence-electron chi connectivity index (χ1n) is 6.71. The molecule has 1 aromatic rings. The van der Waals surface area contributed by atoms with Crippen molar-refractivity contribution in [1.29, 1.82) is 0 Å². The lowest BCUT2D eigenvalue weighted by Crippen LogP contribution is -2.44. The molecule has 0 spiro atoms. The van der Waals surface area contributed by atoms with Crippen LogP contribution in [0.1, 0.15) is 19.8 Å². The molecule has 2 heterocycles. The van der Waals surface area contributed by atoms with Crippen molar-refractivity contribution in [3.63, 3.8) is 0 Å². The van der Waals surface area contributed by atoms with Gasteiger partial charge in [0.15, 0.2) is 0 Å². The smallest absolute Gasteiger partial charge is 0.0906 e. The maximum atomic E-state index is 3.45. The largest absolute Gasteiger partial charge is 0.352 e. The van der Waals surface area contributed by atoms with Crippen molar-refractivity contribution in [2.45, 2.75) is 25.8 Å². The number of nitrogens with zero attached hydrogens (tertiary/aromatic N) is 2. The van der Waals surface area contributed by atoms with Crippen LogP contribution in [0.15, 0.2) is 24.3 Å². The van der Waals surface area contributed by atoms with Crippen molar-refractivity contribution in [1.82, 2.24) is 5.32 Å². The monoisotopic (exact) mass is 267 g/mol. The Kier molecular flexibility index (Phi) is 4.36. The van der Waals surface area contributed by atoms with E-state index in [0.717, 1.165) is 26.3 Å². The van der Waals surface area contributed by atoms with Crippen molar-refractivity contribution in [3.05, 3.63) is 24.3 Å². The van der Waals surface area contributed by atoms with Crippen LogP contribution in [0.25, 0.3) is 0 Å². The van der Waals surface area contributed by atoms with E-state index in [1.807, 2.05) is 0 Å². The van der Waals surface area contributed by atoms with Crippen LogP contribution < -0.4 is 15.1 Å². The molecule has 2 aliphatic rings. The zero-order chi connectivity index (χ0) is 11.7. The number of halogens is 1. The number of anilines is 2. The van der Waals surface area contributed by atoms with Crippen LogP contribution in [0.4, 0.5) is 11.4 Å². The number of hydrogen-bond acceptors (Lipinski definition) is 3. The van der Waals surface area contributed by atoms with Crippen LogP contribution in [-0.4, -0.2) is 32.3 Å². The maximum absolute atomic E-state index is 3.45. The number of piperidine rings is 1. The van der Waals surface area contributed by atoms with E-state index in [9.17, 15) is 0 Å². The molecule has 0 atom stereocenters. The Labute approximate surface area is 116 Å². The molecule has 0 bridgehead atoms. The highest BCUT2D eigenvalue weighted by atomic mass is 35.5.